The van der Waals surface area contributed by atoms with Crippen LogP contribution in [0.25, 0.3) is 0 Å². The minimum atomic E-state index is 0.0661. The molecule has 0 aliphatic carbocycles. The average Bonchev–Trinajstić information content (AvgIpc) is 2.63. The van der Waals surface area contributed by atoms with Gasteiger partial charge in [-0.25, -0.2) is 0 Å². The monoisotopic (exact) mass is 424 g/mol. The van der Waals surface area contributed by atoms with Gasteiger partial charge in [-0.2, -0.15) is 0 Å². The van der Waals surface area contributed by atoms with Crippen LogP contribution in [0.2, 0.25) is 0 Å². The van der Waals surface area contributed by atoms with Crippen LogP contribution in [0.5, 0.6) is 11.5 Å². The number of nitrogens with two attached hydrogens (primary N) is 1. The summed E-state index contributed by atoms with van der Waals surface area (Å²) in [6.07, 6.45) is 2.26. The van der Waals surface area contributed by atoms with Crippen LogP contribution >= 0.6 is 31.9 Å². The highest BCUT2D eigenvalue weighted by atomic mass is 79.9. The molecular formula is C16H14Br2N2O2. The molecule has 6 heteroatoms. The van der Waals surface area contributed by atoms with Crippen molar-refractivity contribution in [2.45, 2.75) is 19.3 Å². The van der Waals surface area contributed by atoms with Gasteiger partial charge in [-0.05, 0) is 80.6 Å². The van der Waals surface area contributed by atoms with E-state index in [1.165, 1.54) is 0 Å². The van der Waals surface area contributed by atoms with E-state index in [-0.39, 0.29) is 5.91 Å². The highest BCUT2D eigenvalue weighted by molar-refractivity contribution is 9.11. The van der Waals surface area contributed by atoms with E-state index < -0.39 is 0 Å². The highest BCUT2D eigenvalue weighted by Crippen LogP contribution is 2.39. The van der Waals surface area contributed by atoms with Gasteiger partial charge in [0.2, 0.25) is 5.91 Å². The van der Waals surface area contributed by atoms with Gasteiger partial charge in [0.1, 0.15) is 5.75 Å². The molecule has 1 amide bonds. The average molecular weight is 426 g/mol. The zero-order chi connectivity index (χ0) is 15.7. The number of hydrogen-bond donors (Lipinski definition) is 2. The molecule has 114 valence electrons. The van der Waals surface area contributed by atoms with E-state index in [2.05, 4.69) is 37.2 Å². The summed E-state index contributed by atoms with van der Waals surface area (Å²) in [5, 5.41) is 2.91. The van der Waals surface area contributed by atoms with Gasteiger partial charge in [-0.3, -0.25) is 4.79 Å². The number of aryl methyl sites for hydroxylation is 1. The Morgan fingerprint density at radius 3 is 2.55 bits per heavy atom. The number of nitrogens with one attached hydrogen (secondary N) is 1. The summed E-state index contributed by atoms with van der Waals surface area (Å²) in [5.74, 6) is 1.46. The maximum Gasteiger partial charge on any atom is 0.224 e. The third kappa shape index (κ3) is 3.28. The minimum absolute atomic E-state index is 0.0661. The number of carbonyl (C=O) groups is 1. The Morgan fingerprint density at radius 1 is 1.09 bits per heavy atom. The van der Waals surface area contributed by atoms with Crippen molar-refractivity contribution < 1.29 is 9.53 Å². The van der Waals surface area contributed by atoms with Gasteiger partial charge in [-0.15, -0.1) is 0 Å². The van der Waals surface area contributed by atoms with Crippen LogP contribution in [0.15, 0.2) is 39.3 Å². The summed E-state index contributed by atoms with van der Waals surface area (Å²) in [5.41, 5.74) is 8.39. The third-order valence-electron chi connectivity index (χ3n) is 3.44. The molecule has 4 nitrogen and oxygen atoms in total. The van der Waals surface area contributed by atoms with Crippen LogP contribution in [0.1, 0.15) is 18.4 Å². The predicted octanol–water partition coefficient (Wildman–Crippen LogP) is 4.86. The highest BCUT2D eigenvalue weighted by Gasteiger charge is 2.15. The first-order chi connectivity index (χ1) is 10.5. The van der Waals surface area contributed by atoms with Crippen LogP contribution in [0.4, 0.5) is 11.4 Å². The number of halogens is 2. The molecule has 3 N–H and O–H groups in total. The molecule has 2 aromatic rings. The lowest BCUT2D eigenvalue weighted by Gasteiger charge is -2.13. The zero-order valence-electron chi connectivity index (χ0n) is 11.7. The van der Waals surface area contributed by atoms with Crippen molar-refractivity contribution in [1.82, 2.24) is 0 Å². The molecule has 0 radical (unpaired) electrons. The molecule has 0 unspecified atom stereocenters. The van der Waals surface area contributed by atoms with Crippen LogP contribution in [0, 0.1) is 0 Å². The lowest BCUT2D eigenvalue weighted by molar-refractivity contribution is -0.116. The summed E-state index contributed by atoms with van der Waals surface area (Å²) < 4.78 is 7.53. The molecule has 22 heavy (non-hydrogen) atoms. The number of benzene rings is 2. The number of carbonyl (C=O) groups excluding carboxylic acids is 1. The number of fused-ring (bicyclic) bond motifs is 1. The predicted molar refractivity (Wildman–Crippen MR) is 94.3 cm³/mol. The lowest BCUT2D eigenvalue weighted by atomic mass is 10.1. The van der Waals surface area contributed by atoms with Gasteiger partial charge in [0.25, 0.3) is 0 Å². The van der Waals surface area contributed by atoms with Crippen LogP contribution in [0.3, 0.4) is 0 Å². The van der Waals surface area contributed by atoms with Crippen molar-refractivity contribution in [3.05, 3.63) is 44.8 Å². The molecule has 0 saturated carbocycles. The molecule has 1 aliphatic heterocycles. The van der Waals surface area contributed by atoms with Crippen molar-refractivity contribution >= 4 is 49.1 Å². The second-order valence-electron chi connectivity index (χ2n) is 5.14. The fraction of sp³-hybridized carbons (Fsp3) is 0.188. The molecule has 2 aromatic carbocycles. The smallest absolute Gasteiger partial charge is 0.224 e. The standard InChI is InChI=1S/C16H14Br2N2O2/c17-12-7-10(19)8-13(18)16(12)22-11-4-5-14-9(6-11)2-1-3-15(21)20-14/h4-8H,1-3,19H2,(H,20,21). The molecule has 0 atom stereocenters. The first-order valence-electron chi connectivity index (χ1n) is 6.88. The summed E-state index contributed by atoms with van der Waals surface area (Å²) in [6, 6.07) is 9.29. The number of nitrogen functional groups attached to an aromatic ring is 1. The molecule has 0 fully saturated rings. The normalized spacial score (nSPS) is 14.0. The molecule has 3 rings (SSSR count). The zero-order valence-corrected chi connectivity index (χ0v) is 14.8. The summed E-state index contributed by atoms with van der Waals surface area (Å²) in [4.78, 5) is 11.6. The van der Waals surface area contributed by atoms with Crippen LogP contribution in [-0.4, -0.2) is 5.91 Å². The maximum absolute atomic E-state index is 11.6. The SMILES string of the molecule is Nc1cc(Br)c(Oc2ccc3c(c2)CCCC(=O)N3)c(Br)c1. The van der Waals surface area contributed by atoms with Gasteiger partial charge in [0.15, 0.2) is 5.75 Å². The Bertz CT molecular complexity index is 724. The van der Waals surface area contributed by atoms with E-state index in [9.17, 15) is 4.79 Å². The summed E-state index contributed by atoms with van der Waals surface area (Å²) >= 11 is 6.92. The molecule has 0 bridgehead atoms. The number of ether oxygens (including phenoxy) is 1. The molecule has 0 aromatic heterocycles. The fourth-order valence-electron chi connectivity index (χ4n) is 2.41. The Labute approximate surface area is 145 Å². The molecule has 1 aliphatic rings. The lowest BCUT2D eigenvalue weighted by Crippen LogP contribution is -2.09. The van der Waals surface area contributed by atoms with E-state index >= 15 is 0 Å². The Balaban J connectivity index is 1.91. The van der Waals surface area contributed by atoms with Crippen molar-refractivity contribution in [2.24, 2.45) is 0 Å². The molecular weight excluding hydrogens is 412 g/mol. The van der Waals surface area contributed by atoms with Gasteiger partial charge in [-0.1, -0.05) is 0 Å². The largest absolute Gasteiger partial charge is 0.455 e. The number of anilines is 2. The number of hydrogen-bond acceptors (Lipinski definition) is 3. The van der Waals surface area contributed by atoms with Crippen LogP contribution in [-0.2, 0) is 11.2 Å². The van der Waals surface area contributed by atoms with Gasteiger partial charge < -0.3 is 15.8 Å². The van der Waals surface area contributed by atoms with Gasteiger partial charge >= 0.3 is 0 Å². The van der Waals surface area contributed by atoms with E-state index in [0.29, 0.717) is 17.9 Å². The van der Waals surface area contributed by atoms with E-state index in [1.807, 2.05) is 18.2 Å². The second-order valence-corrected chi connectivity index (χ2v) is 6.85. The molecule has 0 spiro atoms. The summed E-state index contributed by atoms with van der Waals surface area (Å²) in [6.45, 7) is 0. The van der Waals surface area contributed by atoms with E-state index in [0.717, 1.165) is 38.8 Å². The first kappa shape index (κ1) is 15.4. The van der Waals surface area contributed by atoms with Crippen molar-refractivity contribution in [3.8, 4) is 11.5 Å². The van der Waals surface area contributed by atoms with Crippen molar-refractivity contribution in [3.63, 3.8) is 0 Å². The topological polar surface area (TPSA) is 64.3 Å². The van der Waals surface area contributed by atoms with Crippen molar-refractivity contribution in [2.75, 3.05) is 11.1 Å². The minimum Gasteiger partial charge on any atom is -0.455 e. The Hall–Kier alpha value is -1.53. The molecule has 1 heterocycles. The maximum atomic E-state index is 11.6. The second kappa shape index (κ2) is 6.30. The molecule has 0 saturated heterocycles. The number of rotatable bonds is 2. The van der Waals surface area contributed by atoms with E-state index in [4.69, 9.17) is 10.5 Å². The Morgan fingerprint density at radius 2 is 1.82 bits per heavy atom. The van der Waals surface area contributed by atoms with Gasteiger partial charge in [0, 0.05) is 17.8 Å². The van der Waals surface area contributed by atoms with Crippen molar-refractivity contribution in [1.29, 1.82) is 0 Å². The third-order valence-corrected chi connectivity index (χ3v) is 4.62. The first-order valence-corrected chi connectivity index (χ1v) is 8.46. The Kier molecular flexibility index (Phi) is 4.40. The summed E-state index contributed by atoms with van der Waals surface area (Å²) in [7, 11) is 0. The van der Waals surface area contributed by atoms with Crippen LogP contribution < -0.4 is 15.8 Å². The van der Waals surface area contributed by atoms with Gasteiger partial charge in [0.05, 0.1) is 8.95 Å². The quantitative estimate of drug-likeness (QED) is 0.675. The van der Waals surface area contributed by atoms with E-state index in [1.54, 1.807) is 12.1 Å². The number of amides is 1. The fourth-order valence-corrected chi connectivity index (χ4v) is 3.79.